The minimum Gasteiger partial charge on any atom is -0.241 e. The molecule has 0 amide bonds. The number of benzene rings is 1. The lowest BCUT2D eigenvalue weighted by Crippen LogP contribution is -1.93. The van der Waals surface area contributed by atoms with Crippen molar-refractivity contribution in [3.05, 3.63) is 35.9 Å². The van der Waals surface area contributed by atoms with Crippen LogP contribution in [0.5, 0.6) is 0 Å². The third-order valence-corrected chi connectivity index (χ3v) is 3.29. The second kappa shape index (κ2) is 4.54. The van der Waals surface area contributed by atoms with E-state index in [1.54, 1.807) is 0 Å². The zero-order valence-electron chi connectivity index (χ0n) is 9.27. The van der Waals surface area contributed by atoms with Crippen molar-refractivity contribution in [1.29, 1.82) is 5.26 Å². The molecule has 1 aromatic carbocycles. The predicted molar refractivity (Wildman–Crippen MR) is 67.4 cm³/mol. The fourth-order valence-electron chi connectivity index (χ4n) is 1.59. The van der Waals surface area contributed by atoms with Gasteiger partial charge < -0.3 is 0 Å². The minimum atomic E-state index is -0.0620. The number of thioether (sulfide) groups is 1. The molecule has 2 aromatic rings. The van der Waals surface area contributed by atoms with E-state index in [1.165, 1.54) is 22.7 Å². The van der Waals surface area contributed by atoms with Crippen molar-refractivity contribution in [3.8, 4) is 6.07 Å². The van der Waals surface area contributed by atoms with Crippen LogP contribution in [0.4, 0.5) is 0 Å². The predicted octanol–water partition coefficient (Wildman–Crippen LogP) is 3.55. The lowest BCUT2D eigenvalue weighted by atomic mass is 10.1. The summed E-state index contributed by atoms with van der Waals surface area (Å²) < 4.78 is 0. The Balaban J connectivity index is 2.46. The average molecular weight is 228 g/mol. The molecule has 0 radical (unpaired) electrons. The maximum atomic E-state index is 8.78. The standard InChI is InChI=1S/C13H12N2S/c1-9-7-13(16-10(2)8-14)15-12-6-4-3-5-11(9)12/h3-7,10H,1-2H3/t10-/m0/s1. The normalized spacial score (nSPS) is 12.3. The van der Waals surface area contributed by atoms with Crippen LogP contribution in [0, 0.1) is 18.3 Å². The molecule has 0 saturated carbocycles. The Morgan fingerprint density at radius 3 is 2.88 bits per heavy atom. The molecule has 2 nitrogen and oxygen atoms in total. The highest BCUT2D eigenvalue weighted by molar-refractivity contribution is 8.00. The summed E-state index contributed by atoms with van der Waals surface area (Å²) in [6.45, 7) is 3.96. The summed E-state index contributed by atoms with van der Waals surface area (Å²) in [4.78, 5) is 4.54. The summed E-state index contributed by atoms with van der Waals surface area (Å²) in [6.07, 6.45) is 0. The molecule has 3 heteroatoms. The maximum absolute atomic E-state index is 8.78. The highest BCUT2D eigenvalue weighted by atomic mass is 32.2. The third kappa shape index (κ3) is 2.17. The van der Waals surface area contributed by atoms with Gasteiger partial charge in [-0.3, -0.25) is 0 Å². The third-order valence-electron chi connectivity index (χ3n) is 2.38. The van der Waals surface area contributed by atoms with Crippen LogP contribution < -0.4 is 0 Å². The molecule has 2 rings (SSSR count). The Bertz CT molecular complexity index is 557. The molecule has 0 aliphatic carbocycles. The van der Waals surface area contributed by atoms with Gasteiger partial charge in [0.1, 0.15) is 0 Å². The molecule has 0 unspecified atom stereocenters. The van der Waals surface area contributed by atoms with Gasteiger partial charge in [-0.1, -0.05) is 30.0 Å². The van der Waals surface area contributed by atoms with Crippen LogP contribution in [0.25, 0.3) is 10.9 Å². The van der Waals surface area contributed by atoms with Crippen molar-refractivity contribution in [3.63, 3.8) is 0 Å². The fraction of sp³-hybridized carbons (Fsp3) is 0.231. The number of aryl methyl sites for hydroxylation is 1. The van der Waals surface area contributed by atoms with Crippen molar-refractivity contribution in [2.75, 3.05) is 0 Å². The van der Waals surface area contributed by atoms with Gasteiger partial charge in [-0.2, -0.15) is 5.26 Å². The van der Waals surface area contributed by atoms with Gasteiger partial charge in [0.15, 0.2) is 0 Å². The molecule has 0 spiro atoms. The van der Waals surface area contributed by atoms with Crippen molar-refractivity contribution in [1.82, 2.24) is 4.98 Å². The number of aromatic nitrogens is 1. The summed E-state index contributed by atoms with van der Waals surface area (Å²) in [5, 5.41) is 10.8. The van der Waals surface area contributed by atoms with Gasteiger partial charge in [0, 0.05) is 5.39 Å². The molecule has 1 aromatic heterocycles. The number of para-hydroxylation sites is 1. The minimum absolute atomic E-state index is 0.0620. The molecule has 1 atom stereocenters. The molecule has 0 aliphatic rings. The first kappa shape index (κ1) is 11.0. The molecule has 0 aliphatic heterocycles. The zero-order valence-corrected chi connectivity index (χ0v) is 10.1. The summed E-state index contributed by atoms with van der Waals surface area (Å²) in [6, 6.07) is 12.3. The van der Waals surface area contributed by atoms with Gasteiger partial charge in [-0.25, -0.2) is 4.98 Å². The number of pyridine rings is 1. The smallest absolute Gasteiger partial charge is 0.0982 e. The van der Waals surface area contributed by atoms with Crippen molar-refractivity contribution >= 4 is 22.7 Å². The van der Waals surface area contributed by atoms with Gasteiger partial charge in [0.2, 0.25) is 0 Å². The van der Waals surface area contributed by atoms with Crippen molar-refractivity contribution in [2.24, 2.45) is 0 Å². The Hall–Kier alpha value is -1.53. The van der Waals surface area contributed by atoms with E-state index in [4.69, 9.17) is 5.26 Å². The number of hydrogen-bond donors (Lipinski definition) is 0. The molecular weight excluding hydrogens is 216 g/mol. The average Bonchev–Trinajstić information content (AvgIpc) is 2.29. The first-order valence-corrected chi connectivity index (χ1v) is 6.01. The summed E-state index contributed by atoms with van der Waals surface area (Å²) in [5.41, 5.74) is 2.20. The van der Waals surface area contributed by atoms with Crippen LogP contribution in [-0.2, 0) is 0 Å². The van der Waals surface area contributed by atoms with Crippen LogP contribution in [-0.4, -0.2) is 10.2 Å². The molecule has 0 fully saturated rings. The quantitative estimate of drug-likeness (QED) is 0.737. The molecule has 0 saturated heterocycles. The van der Waals surface area contributed by atoms with Crippen LogP contribution in [0.2, 0.25) is 0 Å². The summed E-state index contributed by atoms with van der Waals surface area (Å²) in [5.74, 6) is 0. The van der Waals surface area contributed by atoms with Gasteiger partial charge in [0.05, 0.1) is 21.9 Å². The van der Waals surface area contributed by atoms with Crippen LogP contribution in [0.15, 0.2) is 35.4 Å². The molecule has 0 bridgehead atoms. The Morgan fingerprint density at radius 2 is 2.12 bits per heavy atom. The number of nitrogens with zero attached hydrogens (tertiary/aromatic N) is 2. The fourth-order valence-corrected chi connectivity index (χ4v) is 2.40. The SMILES string of the molecule is Cc1cc(S[C@@H](C)C#N)nc2ccccc12. The summed E-state index contributed by atoms with van der Waals surface area (Å²) >= 11 is 1.50. The summed E-state index contributed by atoms with van der Waals surface area (Å²) in [7, 11) is 0. The Kier molecular flexibility index (Phi) is 3.12. The van der Waals surface area contributed by atoms with E-state index in [0.29, 0.717) is 0 Å². The second-order valence-electron chi connectivity index (χ2n) is 3.68. The van der Waals surface area contributed by atoms with Gasteiger partial charge in [-0.05, 0) is 31.5 Å². The zero-order chi connectivity index (χ0) is 11.5. The second-order valence-corrected chi connectivity index (χ2v) is 5.04. The maximum Gasteiger partial charge on any atom is 0.0982 e. The topological polar surface area (TPSA) is 36.7 Å². The van der Waals surface area contributed by atoms with Crippen molar-refractivity contribution in [2.45, 2.75) is 24.1 Å². The van der Waals surface area contributed by atoms with Gasteiger partial charge >= 0.3 is 0 Å². The number of hydrogen-bond acceptors (Lipinski definition) is 3. The van der Waals surface area contributed by atoms with Crippen LogP contribution >= 0.6 is 11.8 Å². The van der Waals surface area contributed by atoms with Crippen LogP contribution in [0.3, 0.4) is 0 Å². The number of rotatable bonds is 2. The van der Waals surface area contributed by atoms with E-state index in [2.05, 4.69) is 24.0 Å². The van der Waals surface area contributed by atoms with Crippen LogP contribution in [0.1, 0.15) is 12.5 Å². The molecule has 16 heavy (non-hydrogen) atoms. The van der Waals surface area contributed by atoms with Gasteiger partial charge in [0.25, 0.3) is 0 Å². The highest BCUT2D eigenvalue weighted by Gasteiger charge is 2.06. The van der Waals surface area contributed by atoms with Gasteiger partial charge in [-0.15, -0.1) is 0 Å². The van der Waals surface area contributed by atoms with Crippen molar-refractivity contribution < 1.29 is 0 Å². The molecule has 0 N–H and O–H groups in total. The first-order valence-electron chi connectivity index (χ1n) is 5.13. The molecule has 1 heterocycles. The number of nitriles is 1. The molecule has 80 valence electrons. The van der Waals surface area contributed by atoms with E-state index in [0.717, 1.165) is 10.5 Å². The van der Waals surface area contributed by atoms with E-state index in [-0.39, 0.29) is 5.25 Å². The van der Waals surface area contributed by atoms with E-state index in [1.807, 2.05) is 31.2 Å². The Morgan fingerprint density at radius 1 is 1.38 bits per heavy atom. The Labute approximate surface area is 99.3 Å². The lowest BCUT2D eigenvalue weighted by Gasteiger charge is -2.06. The van der Waals surface area contributed by atoms with E-state index < -0.39 is 0 Å². The van der Waals surface area contributed by atoms with E-state index >= 15 is 0 Å². The monoisotopic (exact) mass is 228 g/mol. The highest BCUT2D eigenvalue weighted by Crippen LogP contribution is 2.25. The van der Waals surface area contributed by atoms with E-state index in [9.17, 15) is 0 Å². The lowest BCUT2D eigenvalue weighted by molar-refractivity contribution is 1.14. The molecular formula is C13H12N2S. The number of fused-ring (bicyclic) bond motifs is 1. The largest absolute Gasteiger partial charge is 0.241 e. The first-order chi connectivity index (χ1) is 7.70.